The van der Waals surface area contributed by atoms with Crippen molar-refractivity contribution in [3.8, 4) is 0 Å². The van der Waals surface area contributed by atoms with E-state index in [2.05, 4.69) is 29.6 Å². The summed E-state index contributed by atoms with van der Waals surface area (Å²) >= 11 is 0. The molecule has 0 aromatic heterocycles. The topological polar surface area (TPSA) is 21.3 Å². The van der Waals surface area contributed by atoms with Crippen LogP contribution in [0, 0.1) is 0 Å². The summed E-state index contributed by atoms with van der Waals surface area (Å²) in [4.78, 5) is 0. The summed E-state index contributed by atoms with van der Waals surface area (Å²) in [6.07, 6.45) is 3.89. The Morgan fingerprint density at radius 1 is 1.27 bits per heavy atom. The monoisotopic (exact) mass is 203 g/mol. The van der Waals surface area contributed by atoms with Gasteiger partial charge in [0.1, 0.15) is 0 Å². The highest BCUT2D eigenvalue weighted by atomic mass is 16.5. The van der Waals surface area contributed by atoms with Gasteiger partial charge in [0.15, 0.2) is 0 Å². The highest BCUT2D eigenvalue weighted by Gasteiger charge is 2.30. The molecule has 15 heavy (non-hydrogen) atoms. The molecule has 2 nitrogen and oxygen atoms in total. The average Bonchev–Trinajstić information content (AvgIpc) is 2.82. The predicted molar refractivity (Wildman–Crippen MR) is 59.9 cm³/mol. The molecule has 1 aromatic carbocycles. The van der Waals surface area contributed by atoms with E-state index in [1.807, 2.05) is 0 Å². The van der Waals surface area contributed by atoms with E-state index in [4.69, 9.17) is 4.74 Å². The zero-order chi connectivity index (χ0) is 10.1. The van der Waals surface area contributed by atoms with Crippen LogP contribution in [-0.4, -0.2) is 19.2 Å². The Morgan fingerprint density at radius 3 is 3.07 bits per heavy atom. The van der Waals surface area contributed by atoms with E-state index >= 15 is 0 Å². The van der Waals surface area contributed by atoms with Gasteiger partial charge in [0.25, 0.3) is 0 Å². The van der Waals surface area contributed by atoms with Crippen LogP contribution in [-0.2, 0) is 11.2 Å². The predicted octanol–water partition coefficient (Wildman–Crippen LogP) is 2.05. The molecule has 2 aliphatic rings. The maximum atomic E-state index is 5.93. The first kappa shape index (κ1) is 9.37. The van der Waals surface area contributed by atoms with Gasteiger partial charge in [-0.25, -0.2) is 0 Å². The Kier molecular flexibility index (Phi) is 2.47. The quantitative estimate of drug-likeness (QED) is 0.754. The Hall–Kier alpha value is -0.860. The van der Waals surface area contributed by atoms with E-state index in [9.17, 15) is 0 Å². The highest BCUT2D eigenvalue weighted by Crippen LogP contribution is 2.32. The van der Waals surface area contributed by atoms with Gasteiger partial charge in [-0.15, -0.1) is 0 Å². The van der Waals surface area contributed by atoms with E-state index < -0.39 is 0 Å². The SMILES string of the molecule is c1ccc2c(c1)CCOC2C1CCCN1. The van der Waals surface area contributed by atoms with Crippen LogP contribution in [0.1, 0.15) is 30.1 Å². The zero-order valence-corrected chi connectivity index (χ0v) is 8.91. The van der Waals surface area contributed by atoms with Crippen LogP contribution in [0.5, 0.6) is 0 Å². The van der Waals surface area contributed by atoms with E-state index in [-0.39, 0.29) is 6.10 Å². The van der Waals surface area contributed by atoms with Crippen molar-refractivity contribution in [2.45, 2.75) is 31.4 Å². The molecular weight excluding hydrogens is 186 g/mol. The fourth-order valence-electron chi connectivity index (χ4n) is 2.73. The minimum absolute atomic E-state index is 0.289. The van der Waals surface area contributed by atoms with E-state index in [1.165, 1.54) is 24.0 Å². The van der Waals surface area contributed by atoms with Gasteiger partial charge in [-0.05, 0) is 36.9 Å². The van der Waals surface area contributed by atoms with E-state index in [0.717, 1.165) is 19.6 Å². The molecule has 3 rings (SSSR count). The minimum atomic E-state index is 0.289. The lowest BCUT2D eigenvalue weighted by Gasteiger charge is -2.30. The van der Waals surface area contributed by atoms with E-state index in [0.29, 0.717) is 6.04 Å². The smallest absolute Gasteiger partial charge is 0.0980 e. The van der Waals surface area contributed by atoms with Crippen molar-refractivity contribution in [3.63, 3.8) is 0 Å². The molecule has 1 fully saturated rings. The van der Waals surface area contributed by atoms with Crippen LogP contribution in [0.15, 0.2) is 24.3 Å². The second-order valence-corrected chi connectivity index (χ2v) is 4.44. The third-order valence-corrected chi connectivity index (χ3v) is 3.49. The molecule has 2 heteroatoms. The molecule has 2 atom stereocenters. The molecule has 0 spiro atoms. The number of fused-ring (bicyclic) bond motifs is 1. The minimum Gasteiger partial charge on any atom is -0.372 e. The van der Waals surface area contributed by atoms with Crippen LogP contribution >= 0.6 is 0 Å². The molecule has 1 N–H and O–H groups in total. The van der Waals surface area contributed by atoms with Gasteiger partial charge in [-0.1, -0.05) is 24.3 Å². The van der Waals surface area contributed by atoms with Crippen molar-refractivity contribution in [3.05, 3.63) is 35.4 Å². The molecule has 1 aromatic rings. The molecule has 2 heterocycles. The lowest BCUT2D eigenvalue weighted by Crippen LogP contribution is -2.33. The fraction of sp³-hybridized carbons (Fsp3) is 0.538. The summed E-state index contributed by atoms with van der Waals surface area (Å²) < 4.78 is 5.93. The summed E-state index contributed by atoms with van der Waals surface area (Å²) in [5.41, 5.74) is 2.88. The molecule has 80 valence electrons. The molecule has 0 saturated carbocycles. The summed E-state index contributed by atoms with van der Waals surface area (Å²) in [7, 11) is 0. The van der Waals surface area contributed by atoms with Crippen molar-refractivity contribution in [2.75, 3.05) is 13.2 Å². The summed E-state index contributed by atoms with van der Waals surface area (Å²) in [6, 6.07) is 9.24. The standard InChI is InChI=1S/C13H17NO/c1-2-5-11-10(4-1)7-9-15-13(11)12-6-3-8-14-12/h1-2,4-5,12-14H,3,6-9H2. The highest BCUT2D eigenvalue weighted by molar-refractivity contribution is 5.32. The molecule has 2 unspecified atom stereocenters. The van der Waals surface area contributed by atoms with Crippen LogP contribution in [0.2, 0.25) is 0 Å². The Morgan fingerprint density at radius 2 is 2.20 bits per heavy atom. The number of benzene rings is 1. The molecule has 2 aliphatic heterocycles. The van der Waals surface area contributed by atoms with Crippen LogP contribution < -0.4 is 5.32 Å². The third kappa shape index (κ3) is 1.68. The molecule has 0 amide bonds. The molecule has 0 radical (unpaired) electrons. The normalized spacial score (nSPS) is 30.1. The molecule has 0 bridgehead atoms. The van der Waals surface area contributed by atoms with Crippen LogP contribution in [0.25, 0.3) is 0 Å². The first-order valence-corrected chi connectivity index (χ1v) is 5.88. The Bertz CT molecular complexity index is 344. The molecular formula is C13H17NO. The van der Waals surface area contributed by atoms with Crippen molar-refractivity contribution in [1.82, 2.24) is 5.32 Å². The van der Waals surface area contributed by atoms with Gasteiger partial charge in [-0.2, -0.15) is 0 Å². The van der Waals surface area contributed by atoms with Crippen molar-refractivity contribution in [1.29, 1.82) is 0 Å². The summed E-state index contributed by atoms with van der Waals surface area (Å²) in [5, 5.41) is 3.54. The first-order valence-electron chi connectivity index (χ1n) is 5.88. The third-order valence-electron chi connectivity index (χ3n) is 3.49. The largest absolute Gasteiger partial charge is 0.372 e. The van der Waals surface area contributed by atoms with Crippen molar-refractivity contribution < 1.29 is 4.74 Å². The van der Waals surface area contributed by atoms with Crippen molar-refractivity contribution >= 4 is 0 Å². The maximum Gasteiger partial charge on any atom is 0.0980 e. The van der Waals surface area contributed by atoms with Crippen LogP contribution in [0.3, 0.4) is 0 Å². The van der Waals surface area contributed by atoms with Gasteiger partial charge in [0, 0.05) is 6.04 Å². The molecule has 1 saturated heterocycles. The fourth-order valence-corrected chi connectivity index (χ4v) is 2.73. The lowest BCUT2D eigenvalue weighted by atomic mass is 9.93. The second-order valence-electron chi connectivity index (χ2n) is 4.44. The zero-order valence-electron chi connectivity index (χ0n) is 8.91. The van der Waals surface area contributed by atoms with Crippen LogP contribution in [0.4, 0.5) is 0 Å². The lowest BCUT2D eigenvalue weighted by molar-refractivity contribution is 0.0199. The Balaban J connectivity index is 1.91. The number of ether oxygens (including phenoxy) is 1. The van der Waals surface area contributed by atoms with Gasteiger partial charge < -0.3 is 10.1 Å². The summed E-state index contributed by atoms with van der Waals surface area (Å²) in [6.45, 7) is 2.02. The molecule has 0 aliphatic carbocycles. The van der Waals surface area contributed by atoms with E-state index in [1.54, 1.807) is 0 Å². The number of hydrogen-bond acceptors (Lipinski definition) is 2. The van der Waals surface area contributed by atoms with Gasteiger partial charge in [-0.3, -0.25) is 0 Å². The maximum absolute atomic E-state index is 5.93. The van der Waals surface area contributed by atoms with Gasteiger partial charge in [0.2, 0.25) is 0 Å². The average molecular weight is 203 g/mol. The first-order chi connectivity index (χ1) is 7.45. The number of hydrogen-bond donors (Lipinski definition) is 1. The van der Waals surface area contributed by atoms with Gasteiger partial charge >= 0.3 is 0 Å². The second kappa shape index (κ2) is 3.95. The number of rotatable bonds is 1. The number of nitrogens with one attached hydrogen (secondary N) is 1. The van der Waals surface area contributed by atoms with Crippen molar-refractivity contribution in [2.24, 2.45) is 0 Å². The Labute approximate surface area is 90.6 Å². The van der Waals surface area contributed by atoms with Gasteiger partial charge in [0.05, 0.1) is 12.7 Å². The summed E-state index contributed by atoms with van der Waals surface area (Å²) in [5.74, 6) is 0.